The van der Waals surface area contributed by atoms with Gasteiger partial charge < -0.3 is 5.73 Å². The summed E-state index contributed by atoms with van der Waals surface area (Å²) in [7, 11) is 0. The number of Topliss-reactive ketones (excluding diaryl/α,β-unsaturated/α-hetero) is 1. The number of alkyl halides is 1. The van der Waals surface area contributed by atoms with Gasteiger partial charge in [0.1, 0.15) is 0 Å². The first-order chi connectivity index (χ1) is 8.60. The van der Waals surface area contributed by atoms with Crippen molar-refractivity contribution >= 4 is 29.1 Å². The molecule has 0 aliphatic heterocycles. The molecule has 1 aromatic rings. The Bertz CT molecular complexity index is 418. The fourth-order valence-electron chi connectivity index (χ4n) is 1.59. The van der Waals surface area contributed by atoms with Crippen LogP contribution in [0.1, 0.15) is 30.1 Å². The number of nitrogens with zero attached hydrogens (tertiary/aromatic N) is 1. The number of carbonyl (C=O) groups excluding carboxylic acids is 2. The smallest absolute Gasteiger partial charge is 0.319 e. The van der Waals surface area contributed by atoms with Gasteiger partial charge in [0.15, 0.2) is 5.78 Å². The first-order valence-electron chi connectivity index (χ1n) is 5.86. The minimum atomic E-state index is -0.486. The molecule has 4 nitrogen and oxygen atoms in total. The normalized spacial score (nSPS) is 10.1. The van der Waals surface area contributed by atoms with Crippen LogP contribution in [0.2, 0.25) is 0 Å². The molecule has 0 aliphatic rings. The van der Waals surface area contributed by atoms with E-state index in [1.54, 1.807) is 24.3 Å². The number of amides is 2. The van der Waals surface area contributed by atoms with Crippen LogP contribution in [0.4, 0.5) is 10.5 Å². The standard InChI is InChI=1S/C13H17ClN2O2/c1-2-3-8-16(13(15)18)11-6-4-10(5-7-11)12(17)9-14/h4-7H,2-3,8-9H2,1H3,(H2,15,18). The molecular weight excluding hydrogens is 252 g/mol. The summed E-state index contributed by atoms with van der Waals surface area (Å²) in [5.74, 6) is -0.184. The van der Waals surface area contributed by atoms with Gasteiger partial charge in [0, 0.05) is 17.8 Å². The number of hydrogen-bond donors (Lipinski definition) is 1. The summed E-state index contributed by atoms with van der Waals surface area (Å²) >= 11 is 5.47. The zero-order chi connectivity index (χ0) is 13.5. The molecule has 0 aromatic heterocycles. The Morgan fingerprint density at radius 2 is 1.89 bits per heavy atom. The van der Waals surface area contributed by atoms with Crippen LogP contribution in [-0.4, -0.2) is 24.2 Å². The molecule has 2 N–H and O–H groups in total. The van der Waals surface area contributed by atoms with E-state index in [1.807, 2.05) is 6.92 Å². The molecule has 0 heterocycles. The molecule has 98 valence electrons. The molecule has 0 aliphatic carbocycles. The Balaban J connectivity index is 2.86. The van der Waals surface area contributed by atoms with Gasteiger partial charge in [0.25, 0.3) is 0 Å². The maximum atomic E-state index is 11.4. The van der Waals surface area contributed by atoms with Gasteiger partial charge >= 0.3 is 6.03 Å². The Morgan fingerprint density at radius 3 is 2.33 bits per heavy atom. The first-order valence-corrected chi connectivity index (χ1v) is 6.39. The van der Waals surface area contributed by atoms with Crippen LogP contribution in [0, 0.1) is 0 Å². The van der Waals surface area contributed by atoms with Crippen LogP contribution in [-0.2, 0) is 0 Å². The summed E-state index contributed by atoms with van der Waals surface area (Å²) in [5.41, 5.74) is 6.56. The van der Waals surface area contributed by atoms with Gasteiger partial charge in [-0.05, 0) is 30.7 Å². The van der Waals surface area contributed by atoms with Crippen molar-refractivity contribution in [3.8, 4) is 0 Å². The van der Waals surface area contributed by atoms with E-state index in [1.165, 1.54) is 4.90 Å². The summed E-state index contributed by atoms with van der Waals surface area (Å²) in [6.07, 6.45) is 1.86. The Kier molecular flexibility index (Phi) is 5.65. The predicted octanol–water partition coefficient (Wildman–Crippen LogP) is 2.79. The van der Waals surface area contributed by atoms with Gasteiger partial charge in [-0.3, -0.25) is 9.69 Å². The minimum absolute atomic E-state index is 0.0469. The summed E-state index contributed by atoms with van der Waals surface area (Å²) in [5, 5.41) is 0. The summed E-state index contributed by atoms with van der Waals surface area (Å²) in [6.45, 7) is 2.62. The van der Waals surface area contributed by atoms with Crippen LogP contribution in [0.5, 0.6) is 0 Å². The highest BCUT2D eigenvalue weighted by Crippen LogP contribution is 2.16. The van der Waals surface area contributed by atoms with E-state index in [0.717, 1.165) is 12.8 Å². The quantitative estimate of drug-likeness (QED) is 0.637. The van der Waals surface area contributed by atoms with Crippen LogP contribution in [0.25, 0.3) is 0 Å². The second-order valence-electron chi connectivity index (χ2n) is 3.95. The van der Waals surface area contributed by atoms with E-state index in [4.69, 9.17) is 17.3 Å². The number of halogens is 1. The number of nitrogens with two attached hydrogens (primary N) is 1. The van der Waals surface area contributed by atoms with Crippen LogP contribution < -0.4 is 10.6 Å². The van der Waals surface area contributed by atoms with Crippen LogP contribution in [0.15, 0.2) is 24.3 Å². The van der Waals surface area contributed by atoms with Crippen LogP contribution >= 0.6 is 11.6 Å². The number of rotatable bonds is 6. The number of carbonyl (C=O) groups is 2. The van der Waals surface area contributed by atoms with Gasteiger partial charge in [-0.1, -0.05) is 13.3 Å². The first kappa shape index (κ1) is 14.5. The zero-order valence-electron chi connectivity index (χ0n) is 10.4. The number of ketones is 1. The van der Waals surface area contributed by atoms with Gasteiger partial charge in [-0.25, -0.2) is 4.79 Å². The van der Waals surface area contributed by atoms with Crippen molar-refractivity contribution < 1.29 is 9.59 Å². The Hall–Kier alpha value is -1.55. The van der Waals surface area contributed by atoms with E-state index in [-0.39, 0.29) is 11.7 Å². The molecule has 1 aromatic carbocycles. The molecule has 0 spiro atoms. The van der Waals surface area contributed by atoms with Crippen molar-refractivity contribution in [1.82, 2.24) is 0 Å². The summed E-state index contributed by atoms with van der Waals surface area (Å²) in [4.78, 5) is 24.2. The van der Waals surface area contributed by atoms with Gasteiger partial charge in [0.05, 0.1) is 5.88 Å². The molecule has 1 rings (SSSR count). The summed E-state index contributed by atoms with van der Waals surface area (Å²) in [6, 6.07) is 6.24. The molecule has 0 saturated carbocycles. The van der Waals surface area contributed by atoms with E-state index in [9.17, 15) is 9.59 Å². The molecule has 0 unspecified atom stereocenters. The average molecular weight is 269 g/mol. The van der Waals surface area contributed by atoms with Crippen molar-refractivity contribution in [3.05, 3.63) is 29.8 Å². The number of unbranched alkanes of at least 4 members (excludes halogenated alkanes) is 1. The van der Waals surface area contributed by atoms with Gasteiger partial charge in [-0.2, -0.15) is 0 Å². The molecule has 0 fully saturated rings. The van der Waals surface area contributed by atoms with Crippen molar-refractivity contribution in [2.24, 2.45) is 5.73 Å². The third-order valence-corrected chi connectivity index (χ3v) is 2.87. The SMILES string of the molecule is CCCCN(C(N)=O)c1ccc(C(=O)CCl)cc1. The minimum Gasteiger partial charge on any atom is -0.351 e. The Labute approximate surface area is 112 Å². The van der Waals surface area contributed by atoms with E-state index >= 15 is 0 Å². The van der Waals surface area contributed by atoms with Gasteiger partial charge in [-0.15, -0.1) is 11.6 Å². The predicted molar refractivity (Wildman–Crippen MR) is 73.3 cm³/mol. The Morgan fingerprint density at radius 1 is 1.28 bits per heavy atom. The molecule has 0 radical (unpaired) electrons. The lowest BCUT2D eigenvalue weighted by Crippen LogP contribution is -2.36. The third kappa shape index (κ3) is 3.74. The highest BCUT2D eigenvalue weighted by molar-refractivity contribution is 6.30. The number of benzene rings is 1. The topological polar surface area (TPSA) is 63.4 Å². The van der Waals surface area contributed by atoms with Crippen molar-refractivity contribution in [3.63, 3.8) is 0 Å². The lowest BCUT2D eigenvalue weighted by atomic mass is 10.1. The molecule has 0 bridgehead atoms. The molecule has 18 heavy (non-hydrogen) atoms. The highest BCUT2D eigenvalue weighted by Gasteiger charge is 2.12. The van der Waals surface area contributed by atoms with Crippen molar-refractivity contribution in [2.75, 3.05) is 17.3 Å². The van der Waals surface area contributed by atoms with Gasteiger partial charge in [0.2, 0.25) is 0 Å². The van der Waals surface area contributed by atoms with Crippen molar-refractivity contribution in [1.29, 1.82) is 0 Å². The van der Waals surface area contributed by atoms with Crippen molar-refractivity contribution in [2.45, 2.75) is 19.8 Å². The monoisotopic (exact) mass is 268 g/mol. The second kappa shape index (κ2) is 7.01. The fourth-order valence-corrected chi connectivity index (χ4v) is 1.74. The number of primary amides is 1. The number of anilines is 1. The lowest BCUT2D eigenvalue weighted by Gasteiger charge is -2.20. The zero-order valence-corrected chi connectivity index (χ0v) is 11.1. The molecule has 2 amide bonds. The molecule has 0 saturated heterocycles. The number of urea groups is 1. The highest BCUT2D eigenvalue weighted by atomic mass is 35.5. The van der Waals surface area contributed by atoms with Crippen LogP contribution in [0.3, 0.4) is 0 Å². The maximum Gasteiger partial charge on any atom is 0.319 e. The largest absolute Gasteiger partial charge is 0.351 e. The average Bonchev–Trinajstić information content (AvgIpc) is 2.38. The maximum absolute atomic E-state index is 11.4. The van der Waals surface area contributed by atoms with E-state index in [0.29, 0.717) is 17.8 Å². The fraction of sp³-hybridized carbons (Fsp3) is 0.385. The second-order valence-corrected chi connectivity index (χ2v) is 4.21. The van der Waals surface area contributed by atoms with E-state index < -0.39 is 6.03 Å². The lowest BCUT2D eigenvalue weighted by molar-refractivity contribution is 0.102. The molecule has 5 heteroatoms. The number of hydrogen-bond acceptors (Lipinski definition) is 2. The molecular formula is C13H17ClN2O2. The summed E-state index contributed by atoms with van der Waals surface area (Å²) < 4.78 is 0. The van der Waals surface area contributed by atoms with E-state index in [2.05, 4.69) is 0 Å². The third-order valence-electron chi connectivity index (χ3n) is 2.62. The molecule has 0 atom stereocenters.